The van der Waals surface area contributed by atoms with E-state index in [0.29, 0.717) is 13.1 Å². The fourth-order valence-corrected chi connectivity index (χ4v) is 2.24. The molecule has 0 saturated carbocycles. The Kier molecular flexibility index (Phi) is 8.59. The summed E-state index contributed by atoms with van der Waals surface area (Å²) < 4.78 is 20.4. The monoisotopic (exact) mass is 462 g/mol. The van der Waals surface area contributed by atoms with Crippen molar-refractivity contribution in [3.8, 4) is 5.75 Å². The lowest BCUT2D eigenvalue weighted by Crippen LogP contribution is -2.38. The number of methoxy groups -OCH3 is 1. The van der Waals surface area contributed by atoms with Crippen LogP contribution in [0.2, 0.25) is 0 Å². The van der Waals surface area contributed by atoms with Gasteiger partial charge in [0.05, 0.1) is 7.11 Å². The van der Waals surface area contributed by atoms with Crippen LogP contribution < -0.4 is 10.1 Å². The molecule has 0 radical (unpaired) electrons. The Morgan fingerprint density at radius 3 is 2.76 bits per heavy atom. The van der Waals surface area contributed by atoms with Crippen LogP contribution in [-0.4, -0.2) is 46.3 Å². The van der Waals surface area contributed by atoms with Crippen LogP contribution in [-0.2, 0) is 20.1 Å². The zero-order chi connectivity index (χ0) is 17.5. The zero-order valence-corrected chi connectivity index (χ0v) is 17.2. The highest BCUT2D eigenvalue weighted by Gasteiger charge is 2.10. The lowest BCUT2D eigenvalue weighted by Gasteiger charge is -2.22. The summed E-state index contributed by atoms with van der Waals surface area (Å²) in [6.07, 6.45) is 1.50. The second-order valence-corrected chi connectivity index (χ2v) is 5.29. The largest absolute Gasteiger partial charge is 0.494 e. The van der Waals surface area contributed by atoms with Crippen LogP contribution in [0.5, 0.6) is 5.75 Å². The topological polar surface area (TPSA) is 67.6 Å². The van der Waals surface area contributed by atoms with Crippen molar-refractivity contribution in [2.45, 2.75) is 20.0 Å². The molecule has 7 nitrogen and oxygen atoms in total. The number of guanidine groups is 1. The van der Waals surface area contributed by atoms with Crippen LogP contribution >= 0.6 is 24.0 Å². The third-order valence-corrected chi connectivity index (χ3v) is 3.51. The molecule has 0 aliphatic carbocycles. The summed E-state index contributed by atoms with van der Waals surface area (Å²) in [5.41, 5.74) is 0.833. The third kappa shape index (κ3) is 5.83. The third-order valence-electron chi connectivity index (χ3n) is 3.51. The molecule has 0 fully saturated rings. The molecule has 0 aliphatic rings. The van der Waals surface area contributed by atoms with Gasteiger partial charge in [0.2, 0.25) is 0 Å². The number of rotatable bonds is 6. The lowest BCUT2D eigenvalue weighted by atomic mass is 10.2. The number of aliphatic imine (C=N–C) groups is 1. The van der Waals surface area contributed by atoms with Crippen molar-refractivity contribution < 1.29 is 9.13 Å². The molecule has 25 heavy (non-hydrogen) atoms. The van der Waals surface area contributed by atoms with Gasteiger partial charge < -0.3 is 15.0 Å². The first-order chi connectivity index (χ1) is 11.5. The Morgan fingerprint density at radius 2 is 2.20 bits per heavy atom. The molecule has 1 N–H and O–H groups in total. The quantitative estimate of drug-likeness (QED) is 0.405. The van der Waals surface area contributed by atoms with E-state index in [1.54, 1.807) is 10.7 Å². The van der Waals surface area contributed by atoms with Gasteiger partial charge in [-0.1, -0.05) is 6.07 Å². The molecule has 0 aliphatic heterocycles. The van der Waals surface area contributed by atoms with Crippen molar-refractivity contribution in [2.75, 3.05) is 20.7 Å². The van der Waals surface area contributed by atoms with Crippen molar-refractivity contribution in [1.82, 2.24) is 25.0 Å². The molecule has 1 aromatic carbocycles. The second-order valence-electron chi connectivity index (χ2n) is 5.29. The highest BCUT2D eigenvalue weighted by Crippen LogP contribution is 2.18. The smallest absolute Gasteiger partial charge is 0.194 e. The van der Waals surface area contributed by atoms with Gasteiger partial charge in [0.1, 0.15) is 18.7 Å². The molecule has 0 bridgehead atoms. The fourth-order valence-electron chi connectivity index (χ4n) is 2.24. The number of hydrogen-bond acceptors (Lipinski definition) is 4. The second kappa shape index (κ2) is 10.2. The van der Waals surface area contributed by atoms with Gasteiger partial charge >= 0.3 is 0 Å². The predicted molar refractivity (Wildman–Crippen MR) is 106 cm³/mol. The number of halogens is 2. The number of benzene rings is 1. The summed E-state index contributed by atoms with van der Waals surface area (Å²) in [4.78, 5) is 10.6. The average Bonchev–Trinajstić information content (AvgIpc) is 2.96. The highest BCUT2D eigenvalue weighted by atomic mass is 127. The van der Waals surface area contributed by atoms with Gasteiger partial charge in [0.25, 0.3) is 0 Å². The van der Waals surface area contributed by atoms with E-state index in [1.807, 2.05) is 32.0 Å². The van der Waals surface area contributed by atoms with E-state index in [-0.39, 0.29) is 35.5 Å². The molecule has 2 rings (SSSR count). The van der Waals surface area contributed by atoms with E-state index in [2.05, 4.69) is 20.4 Å². The van der Waals surface area contributed by atoms with E-state index < -0.39 is 0 Å². The molecular formula is C16H24FIN6O. The highest BCUT2D eigenvalue weighted by molar-refractivity contribution is 14.0. The summed E-state index contributed by atoms with van der Waals surface area (Å²) in [5.74, 6) is 1.36. The van der Waals surface area contributed by atoms with Gasteiger partial charge in [-0.3, -0.25) is 4.68 Å². The van der Waals surface area contributed by atoms with E-state index in [1.165, 1.54) is 19.5 Å². The van der Waals surface area contributed by atoms with Gasteiger partial charge in [0.15, 0.2) is 17.5 Å². The summed E-state index contributed by atoms with van der Waals surface area (Å²) in [7, 11) is 5.18. The molecule has 0 atom stereocenters. The molecule has 0 saturated heterocycles. The molecule has 0 spiro atoms. The normalized spacial score (nSPS) is 11.0. The maximum absolute atomic E-state index is 13.8. The molecule has 0 amide bonds. The van der Waals surface area contributed by atoms with E-state index in [9.17, 15) is 4.39 Å². The van der Waals surface area contributed by atoms with Gasteiger partial charge in [-0.2, -0.15) is 5.10 Å². The van der Waals surface area contributed by atoms with Crippen LogP contribution in [0.3, 0.4) is 0 Å². The number of ether oxygens (including phenoxy) is 1. The average molecular weight is 462 g/mol. The molecule has 2 aromatic rings. The van der Waals surface area contributed by atoms with Gasteiger partial charge in [-0.25, -0.2) is 14.4 Å². The maximum Gasteiger partial charge on any atom is 0.194 e. The van der Waals surface area contributed by atoms with Gasteiger partial charge in [-0.15, -0.1) is 24.0 Å². The SMILES string of the molecule is CCNC(=NCc1ncnn1C)N(C)Cc1ccc(OC)c(F)c1.I. The Morgan fingerprint density at radius 1 is 1.44 bits per heavy atom. The summed E-state index contributed by atoms with van der Waals surface area (Å²) in [6, 6.07) is 4.94. The minimum Gasteiger partial charge on any atom is -0.494 e. The first kappa shape index (κ1) is 21.1. The number of aryl methyl sites for hydroxylation is 1. The van der Waals surface area contributed by atoms with E-state index >= 15 is 0 Å². The summed E-state index contributed by atoms with van der Waals surface area (Å²) in [5, 5.41) is 7.25. The van der Waals surface area contributed by atoms with Crippen LogP contribution in [0.4, 0.5) is 4.39 Å². The van der Waals surface area contributed by atoms with Gasteiger partial charge in [-0.05, 0) is 24.6 Å². The number of nitrogens with one attached hydrogen (secondary N) is 1. The van der Waals surface area contributed by atoms with Gasteiger partial charge in [0, 0.05) is 27.2 Å². The Hall–Kier alpha value is -1.91. The minimum absolute atomic E-state index is 0. The van der Waals surface area contributed by atoms with E-state index in [0.717, 1.165) is 23.9 Å². The van der Waals surface area contributed by atoms with Crippen molar-refractivity contribution in [3.05, 3.63) is 41.7 Å². The van der Waals surface area contributed by atoms with Crippen molar-refractivity contribution in [2.24, 2.45) is 12.0 Å². The van der Waals surface area contributed by atoms with Crippen molar-refractivity contribution in [3.63, 3.8) is 0 Å². The molecule has 1 heterocycles. The number of aromatic nitrogens is 3. The first-order valence-corrected chi connectivity index (χ1v) is 7.69. The van der Waals surface area contributed by atoms with Crippen LogP contribution in [0.25, 0.3) is 0 Å². The van der Waals surface area contributed by atoms with Crippen molar-refractivity contribution >= 4 is 29.9 Å². The maximum atomic E-state index is 13.8. The molecule has 0 unspecified atom stereocenters. The zero-order valence-electron chi connectivity index (χ0n) is 14.9. The molecular weight excluding hydrogens is 438 g/mol. The number of hydrogen-bond donors (Lipinski definition) is 1. The Bertz CT molecular complexity index is 706. The van der Waals surface area contributed by atoms with Crippen LogP contribution in [0, 0.1) is 5.82 Å². The minimum atomic E-state index is -0.371. The fraction of sp³-hybridized carbons (Fsp3) is 0.438. The molecule has 9 heteroatoms. The standard InChI is InChI=1S/C16H23FN6O.HI/c1-5-18-16(19-9-15-20-11-21-23(15)3)22(2)10-12-6-7-14(24-4)13(17)8-12;/h6-8,11H,5,9-10H2,1-4H3,(H,18,19);1H. The number of nitrogens with zero attached hydrogens (tertiary/aromatic N) is 5. The lowest BCUT2D eigenvalue weighted by molar-refractivity contribution is 0.385. The van der Waals surface area contributed by atoms with Crippen LogP contribution in [0.1, 0.15) is 18.3 Å². The summed E-state index contributed by atoms with van der Waals surface area (Å²) >= 11 is 0. The predicted octanol–water partition coefficient (Wildman–Crippen LogP) is 2.18. The van der Waals surface area contributed by atoms with Crippen LogP contribution in [0.15, 0.2) is 29.5 Å². The Balaban J connectivity index is 0.00000312. The van der Waals surface area contributed by atoms with Crippen molar-refractivity contribution in [1.29, 1.82) is 0 Å². The molecule has 1 aromatic heterocycles. The first-order valence-electron chi connectivity index (χ1n) is 7.69. The van der Waals surface area contributed by atoms with E-state index in [4.69, 9.17) is 4.74 Å². The Labute approximate surface area is 164 Å². The molecule has 138 valence electrons. The summed E-state index contributed by atoms with van der Waals surface area (Å²) in [6.45, 7) is 3.67.